The van der Waals surface area contributed by atoms with Crippen LogP contribution in [-0.2, 0) is 17.8 Å². The van der Waals surface area contributed by atoms with Gasteiger partial charge in [0.15, 0.2) is 0 Å². The molecule has 1 aliphatic carbocycles. The summed E-state index contributed by atoms with van der Waals surface area (Å²) in [4.78, 5) is 12.6. The van der Waals surface area contributed by atoms with Crippen LogP contribution >= 0.6 is 0 Å². The zero-order valence-corrected chi connectivity index (χ0v) is 13.1. The summed E-state index contributed by atoms with van der Waals surface area (Å²) in [7, 11) is 0. The number of nitrogens with one attached hydrogen (secondary N) is 2. The summed E-state index contributed by atoms with van der Waals surface area (Å²) in [6.45, 7) is 5.35. The van der Waals surface area contributed by atoms with E-state index in [0.29, 0.717) is 6.04 Å². The molecule has 1 aromatic carbocycles. The second kappa shape index (κ2) is 5.80. The summed E-state index contributed by atoms with van der Waals surface area (Å²) >= 11 is 0. The van der Waals surface area contributed by atoms with Gasteiger partial charge in [-0.15, -0.1) is 0 Å². The number of hydrogen-bond acceptors (Lipinski definition) is 2. The van der Waals surface area contributed by atoms with Gasteiger partial charge in [0, 0.05) is 12.6 Å². The Kier molecular flexibility index (Phi) is 4.03. The van der Waals surface area contributed by atoms with Gasteiger partial charge in [0.2, 0.25) is 5.91 Å². The number of fused-ring (bicyclic) bond motifs is 1. The van der Waals surface area contributed by atoms with E-state index in [0.717, 1.165) is 19.4 Å². The van der Waals surface area contributed by atoms with Gasteiger partial charge in [-0.2, -0.15) is 0 Å². The van der Waals surface area contributed by atoms with E-state index in [-0.39, 0.29) is 17.4 Å². The second-order valence-corrected chi connectivity index (χ2v) is 7.20. The minimum Gasteiger partial charge on any atom is -0.351 e. The Morgan fingerprint density at radius 3 is 2.76 bits per heavy atom. The first-order valence-corrected chi connectivity index (χ1v) is 8.17. The van der Waals surface area contributed by atoms with E-state index in [9.17, 15) is 4.79 Å². The van der Waals surface area contributed by atoms with Crippen molar-refractivity contribution in [2.45, 2.75) is 64.6 Å². The smallest absolute Gasteiger partial charge is 0.237 e. The first-order chi connectivity index (χ1) is 10.1. The third-order valence-corrected chi connectivity index (χ3v) is 5.22. The fourth-order valence-electron chi connectivity index (χ4n) is 3.67. The first kappa shape index (κ1) is 14.6. The van der Waals surface area contributed by atoms with Crippen LogP contribution in [0.1, 0.15) is 50.7 Å². The SMILES string of the molecule is CC1(C)CCCCC1NC(=O)[C@H]1Cc2ccccc2CN1. The number of hydrogen-bond donors (Lipinski definition) is 2. The molecule has 0 aromatic heterocycles. The maximum atomic E-state index is 12.6. The fourth-order valence-corrected chi connectivity index (χ4v) is 3.67. The van der Waals surface area contributed by atoms with Crippen LogP contribution in [0.2, 0.25) is 0 Å². The van der Waals surface area contributed by atoms with Crippen LogP contribution in [0.3, 0.4) is 0 Å². The van der Waals surface area contributed by atoms with Gasteiger partial charge >= 0.3 is 0 Å². The molecule has 0 saturated heterocycles. The van der Waals surface area contributed by atoms with Crippen molar-refractivity contribution in [3.8, 4) is 0 Å². The van der Waals surface area contributed by atoms with Gasteiger partial charge in [-0.3, -0.25) is 4.79 Å². The molecule has 3 nitrogen and oxygen atoms in total. The minimum absolute atomic E-state index is 0.0855. The Bertz CT molecular complexity index is 524. The Hall–Kier alpha value is -1.35. The first-order valence-electron chi connectivity index (χ1n) is 8.17. The number of rotatable bonds is 2. The standard InChI is InChI=1S/C18H26N2O/c1-18(2)10-6-5-9-16(18)20-17(21)15-11-13-7-3-4-8-14(13)12-19-15/h3-4,7-8,15-16,19H,5-6,9-12H2,1-2H3,(H,20,21)/t15-,16?/m1/s1. The van der Waals surface area contributed by atoms with Crippen LogP contribution < -0.4 is 10.6 Å². The molecule has 21 heavy (non-hydrogen) atoms. The zero-order chi connectivity index (χ0) is 14.9. The van der Waals surface area contributed by atoms with Crippen LogP contribution in [0.4, 0.5) is 0 Å². The van der Waals surface area contributed by atoms with E-state index in [4.69, 9.17) is 0 Å². The molecule has 0 spiro atoms. The predicted octanol–water partition coefficient (Wildman–Crippen LogP) is 2.79. The number of carbonyl (C=O) groups excluding carboxylic acids is 1. The van der Waals surface area contributed by atoms with Gasteiger partial charge in [-0.25, -0.2) is 0 Å². The summed E-state index contributed by atoms with van der Waals surface area (Å²) in [6, 6.07) is 8.63. The Morgan fingerprint density at radius 2 is 2.00 bits per heavy atom. The van der Waals surface area contributed by atoms with E-state index >= 15 is 0 Å². The highest BCUT2D eigenvalue weighted by molar-refractivity contribution is 5.82. The van der Waals surface area contributed by atoms with Crippen LogP contribution in [-0.4, -0.2) is 18.0 Å². The van der Waals surface area contributed by atoms with Crippen LogP contribution in [0.25, 0.3) is 0 Å². The molecule has 2 aliphatic rings. The highest BCUT2D eigenvalue weighted by Gasteiger charge is 2.35. The van der Waals surface area contributed by atoms with E-state index < -0.39 is 0 Å². The van der Waals surface area contributed by atoms with Crippen LogP contribution in [0.15, 0.2) is 24.3 Å². The van der Waals surface area contributed by atoms with E-state index in [2.05, 4.69) is 48.7 Å². The van der Waals surface area contributed by atoms with Crippen molar-refractivity contribution in [3.05, 3.63) is 35.4 Å². The Labute approximate surface area is 127 Å². The predicted molar refractivity (Wildman–Crippen MR) is 85.0 cm³/mol. The molecule has 1 heterocycles. The molecule has 2 atom stereocenters. The van der Waals surface area contributed by atoms with E-state index in [1.54, 1.807) is 0 Å². The van der Waals surface area contributed by atoms with Gasteiger partial charge in [0.05, 0.1) is 6.04 Å². The van der Waals surface area contributed by atoms with Gasteiger partial charge in [-0.05, 0) is 35.8 Å². The molecular weight excluding hydrogens is 260 g/mol. The lowest BCUT2D eigenvalue weighted by Gasteiger charge is -2.40. The molecule has 3 heteroatoms. The lowest BCUT2D eigenvalue weighted by Crippen LogP contribution is -2.54. The maximum absolute atomic E-state index is 12.6. The van der Waals surface area contributed by atoms with Crippen molar-refractivity contribution >= 4 is 5.91 Å². The molecule has 0 bridgehead atoms. The van der Waals surface area contributed by atoms with E-state index in [1.165, 1.54) is 30.4 Å². The van der Waals surface area contributed by atoms with E-state index in [1.807, 2.05) is 0 Å². The average Bonchev–Trinajstić information content (AvgIpc) is 2.48. The largest absolute Gasteiger partial charge is 0.351 e. The normalized spacial score (nSPS) is 27.7. The average molecular weight is 286 g/mol. The molecule has 1 fully saturated rings. The van der Waals surface area contributed by atoms with Gasteiger partial charge in [-0.1, -0.05) is 51.0 Å². The molecule has 114 valence electrons. The Morgan fingerprint density at radius 1 is 1.24 bits per heavy atom. The molecule has 0 radical (unpaired) electrons. The number of carbonyl (C=O) groups is 1. The number of amides is 1. The maximum Gasteiger partial charge on any atom is 0.237 e. The van der Waals surface area contributed by atoms with Crippen molar-refractivity contribution in [3.63, 3.8) is 0 Å². The van der Waals surface area contributed by atoms with Crippen molar-refractivity contribution in [1.82, 2.24) is 10.6 Å². The van der Waals surface area contributed by atoms with Crippen molar-refractivity contribution in [2.75, 3.05) is 0 Å². The Balaban J connectivity index is 1.64. The van der Waals surface area contributed by atoms with Crippen LogP contribution in [0.5, 0.6) is 0 Å². The molecule has 1 aliphatic heterocycles. The molecule has 1 saturated carbocycles. The lowest BCUT2D eigenvalue weighted by molar-refractivity contribution is -0.125. The van der Waals surface area contributed by atoms with Crippen molar-refractivity contribution in [1.29, 1.82) is 0 Å². The second-order valence-electron chi connectivity index (χ2n) is 7.20. The fraction of sp³-hybridized carbons (Fsp3) is 0.611. The quantitative estimate of drug-likeness (QED) is 0.878. The molecule has 1 unspecified atom stereocenters. The monoisotopic (exact) mass is 286 g/mol. The summed E-state index contributed by atoms with van der Waals surface area (Å²) in [5.41, 5.74) is 2.85. The number of benzene rings is 1. The zero-order valence-electron chi connectivity index (χ0n) is 13.1. The highest BCUT2D eigenvalue weighted by atomic mass is 16.2. The topological polar surface area (TPSA) is 41.1 Å². The minimum atomic E-state index is -0.0855. The van der Waals surface area contributed by atoms with Crippen molar-refractivity contribution < 1.29 is 4.79 Å². The molecule has 2 N–H and O–H groups in total. The highest BCUT2D eigenvalue weighted by Crippen LogP contribution is 2.35. The summed E-state index contributed by atoms with van der Waals surface area (Å²) in [5, 5.41) is 6.69. The molecule has 3 rings (SSSR count). The summed E-state index contributed by atoms with van der Waals surface area (Å²) in [5.74, 6) is 0.171. The third kappa shape index (κ3) is 3.13. The van der Waals surface area contributed by atoms with Crippen molar-refractivity contribution in [2.24, 2.45) is 5.41 Å². The lowest BCUT2D eigenvalue weighted by atomic mass is 9.73. The molecular formula is C18H26N2O. The van der Waals surface area contributed by atoms with Crippen LogP contribution in [0, 0.1) is 5.41 Å². The molecule has 1 aromatic rings. The van der Waals surface area contributed by atoms with Gasteiger partial charge in [0.25, 0.3) is 0 Å². The summed E-state index contributed by atoms with van der Waals surface area (Å²) in [6.07, 6.45) is 5.64. The van der Waals surface area contributed by atoms with Gasteiger partial charge < -0.3 is 10.6 Å². The summed E-state index contributed by atoms with van der Waals surface area (Å²) < 4.78 is 0. The van der Waals surface area contributed by atoms with Gasteiger partial charge in [0.1, 0.15) is 0 Å². The molecule has 1 amide bonds. The third-order valence-electron chi connectivity index (χ3n) is 5.22.